The van der Waals surface area contributed by atoms with Crippen molar-refractivity contribution in [3.63, 3.8) is 0 Å². The molecule has 1 aromatic carbocycles. The summed E-state index contributed by atoms with van der Waals surface area (Å²) in [7, 11) is 3.15. The summed E-state index contributed by atoms with van der Waals surface area (Å²) in [5, 5.41) is 10.1. The number of benzene rings is 1. The lowest BCUT2D eigenvalue weighted by Crippen LogP contribution is -1.99. The summed E-state index contributed by atoms with van der Waals surface area (Å²) in [6, 6.07) is 3.56. The monoisotopic (exact) mass is 300 g/mol. The van der Waals surface area contributed by atoms with Crippen LogP contribution in [0.2, 0.25) is 0 Å². The maximum Gasteiger partial charge on any atom is 0.161 e. The molecule has 0 amide bonds. The Morgan fingerprint density at radius 3 is 2.24 bits per heavy atom. The quantitative estimate of drug-likeness (QED) is 0.866. The van der Waals surface area contributed by atoms with Crippen LogP contribution in [0.5, 0.6) is 11.5 Å². The third kappa shape index (κ3) is 3.48. The average molecular weight is 301 g/mol. The molecule has 0 radical (unpaired) electrons. The minimum absolute atomic E-state index is 0.604. The minimum atomic E-state index is -0.658. The first kappa shape index (κ1) is 14.1. The van der Waals surface area contributed by atoms with Gasteiger partial charge in [-0.3, -0.25) is 0 Å². The lowest BCUT2D eigenvalue weighted by molar-refractivity contribution is 0.226. The molecule has 1 atom stereocenters. The maximum atomic E-state index is 10.1. The van der Waals surface area contributed by atoms with Crippen LogP contribution in [0.15, 0.2) is 28.3 Å². The number of allylic oxidation sites excluding steroid dienone is 1. The van der Waals surface area contributed by atoms with Crippen LogP contribution in [0, 0.1) is 0 Å². The molecule has 94 valence electrons. The molecule has 1 rings (SSSR count). The number of aliphatic hydroxyl groups is 1. The SMILES string of the molecule is COc1cc(Br)c(C(O)C=C(C)C)cc1OC. The third-order valence-electron chi connectivity index (χ3n) is 2.31. The minimum Gasteiger partial charge on any atom is -0.493 e. The molecule has 0 bridgehead atoms. The summed E-state index contributed by atoms with van der Waals surface area (Å²) in [5.74, 6) is 1.24. The van der Waals surface area contributed by atoms with Gasteiger partial charge in [-0.15, -0.1) is 0 Å². The molecule has 3 nitrogen and oxygen atoms in total. The normalized spacial score (nSPS) is 11.9. The molecular formula is C13H17BrO3. The number of ether oxygens (including phenoxy) is 2. The molecule has 0 aromatic heterocycles. The number of rotatable bonds is 4. The van der Waals surface area contributed by atoms with Gasteiger partial charge in [0, 0.05) is 10.0 Å². The standard InChI is InChI=1S/C13H17BrO3/c1-8(2)5-11(15)9-6-12(16-3)13(17-4)7-10(9)14/h5-7,11,15H,1-4H3. The van der Waals surface area contributed by atoms with Gasteiger partial charge in [-0.05, 0) is 26.0 Å². The van der Waals surface area contributed by atoms with E-state index in [9.17, 15) is 5.11 Å². The second-order valence-electron chi connectivity index (χ2n) is 3.92. The first-order valence-corrected chi connectivity index (χ1v) is 6.03. The molecule has 0 fully saturated rings. The van der Waals surface area contributed by atoms with Crippen LogP contribution >= 0.6 is 15.9 Å². The number of methoxy groups -OCH3 is 2. The summed E-state index contributed by atoms with van der Waals surface area (Å²) in [4.78, 5) is 0. The van der Waals surface area contributed by atoms with Gasteiger partial charge in [-0.2, -0.15) is 0 Å². The summed E-state index contributed by atoms with van der Waals surface area (Å²) in [6.07, 6.45) is 1.13. The zero-order valence-corrected chi connectivity index (χ0v) is 12.0. The Bertz CT molecular complexity index is 423. The first-order chi connectivity index (χ1) is 7.99. The van der Waals surface area contributed by atoms with Gasteiger partial charge < -0.3 is 14.6 Å². The number of hydrogen-bond acceptors (Lipinski definition) is 3. The van der Waals surface area contributed by atoms with Crippen LogP contribution < -0.4 is 9.47 Å². The van der Waals surface area contributed by atoms with E-state index in [0.29, 0.717) is 11.5 Å². The number of hydrogen-bond donors (Lipinski definition) is 1. The van der Waals surface area contributed by atoms with E-state index in [1.165, 1.54) is 0 Å². The smallest absolute Gasteiger partial charge is 0.161 e. The van der Waals surface area contributed by atoms with Crippen molar-refractivity contribution < 1.29 is 14.6 Å². The van der Waals surface area contributed by atoms with Crippen LogP contribution in [0.3, 0.4) is 0 Å². The van der Waals surface area contributed by atoms with Crippen molar-refractivity contribution in [2.75, 3.05) is 14.2 Å². The van der Waals surface area contributed by atoms with Crippen molar-refractivity contribution in [3.05, 3.63) is 33.8 Å². The van der Waals surface area contributed by atoms with Crippen molar-refractivity contribution in [2.24, 2.45) is 0 Å². The van der Waals surface area contributed by atoms with Gasteiger partial charge in [0.25, 0.3) is 0 Å². The Hall–Kier alpha value is -1.00. The molecular weight excluding hydrogens is 284 g/mol. The van der Waals surface area contributed by atoms with Gasteiger partial charge in [0.15, 0.2) is 11.5 Å². The molecule has 4 heteroatoms. The van der Waals surface area contributed by atoms with Crippen molar-refractivity contribution in [2.45, 2.75) is 20.0 Å². The Morgan fingerprint density at radius 2 is 1.76 bits per heavy atom. The summed E-state index contributed by atoms with van der Waals surface area (Å²) >= 11 is 3.42. The summed E-state index contributed by atoms with van der Waals surface area (Å²) < 4.78 is 11.2. The maximum absolute atomic E-state index is 10.1. The predicted octanol–water partition coefficient (Wildman–Crippen LogP) is 3.47. The van der Waals surface area contributed by atoms with Gasteiger partial charge in [0.1, 0.15) is 0 Å². The Labute approximate surface area is 110 Å². The number of halogens is 1. The van der Waals surface area contributed by atoms with E-state index in [4.69, 9.17) is 9.47 Å². The molecule has 17 heavy (non-hydrogen) atoms. The van der Waals surface area contributed by atoms with Crippen molar-refractivity contribution in [1.82, 2.24) is 0 Å². The van der Waals surface area contributed by atoms with E-state index in [0.717, 1.165) is 15.6 Å². The van der Waals surface area contributed by atoms with Crippen LogP contribution in [0.4, 0.5) is 0 Å². The van der Waals surface area contributed by atoms with E-state index in [1.54, 1.807) is 32.4 Å². The van der Waals surface area contributed by atoms with E-state index < -0.39 is 6.10 Å². The van der Waals surface area contributed by atoms with Crippen molar-refractivity contribution in [3.8, 4) is 11.5 Å². The highest BCUT2D eigenvalue weighted by Gasteiger charge is 2.14. The highest BCUT2D eigenvalue weighted by atomic mass is 79.9. The van der Waals surface area contributed by atoms with Gasteiger partial charge in [0.05, 0.1) is 20.3 Å². The van der Waals surface area contributed by atoms with Gasteiger partial charge >= 0.3 is 0 Å². The van der Waals surface area contributed by atoms with Crippen molar-refractivity contribution in [1.29, 1.82) is 0 Å². The van der Waals surface area contributed by atoms with Crippen molar-refractivity contribution >= 4 is 15.9 Å². The van der Waals surface area contributed by atoms with E-state index in [-0.39, 0.29) is 0 Å². The third-order valence-corrected chi connectivity index (χ3v) is 3.00. The average Bonchev–Trinajstić information content (AvgIpc) is 2.27. The van der Waals surface area contributed by atoms with Crippen LogP contribution in [-0.4, -0.2) is 19.3 Å². The van der Waals surface area contributed by atoms with Crippen LogP contribution in [0.1, 0.15) is 25.5 Å². The highest BCUT2D eigenvalue weighted by molar-refractivity contribution is 9.10. The largest absolute Gasteiger partial charge is 0.493 e. The molecule has 0 aliphatic carbocycles. The highest BCUT2D eigenvalue weighted by Crippen LogP contribution is 2.36. The molecule has 1 aromatic rings. The van der Waals surface area contributed by atoms with E-state index in [1.807, 2.05) is 13.8 Å². The van der Waals surface area contributed by atoms with Gasteiger partial charge in [-0.25, -0.2) is 0 Å². The predicted molar refractivity (Wildman–Crippen MR) is 71.6 cm³/mol. The Balaban J connectivity index is 3.21. The van der Waals surface area contributed by atoms with Gasteiger partial charge in [-0.1, -0.05) is 27.6 Å². The van der Waals surface area contributed by atoms with Crippen LogP contribution in [-0.2, 0) is 0 Å². The molecule has 0 spiro atoms. The Kier molecular flexibility index (Phi) is 5.02. The molecule has 1 unspecified atom stereocenters. The molecule has 0 aliphatic heterocycles. The van der Waals surface area contributed by atoms with Crippen LogP contribution in [0.25, 0.3) is 0 Å². The van der Waals surface area contributed by atoms with E-state index in [2.05, 4.69) is 15.9 Å². The molecule has 0 saturated heterocycles. The topological polar surface area (TPSA) is 38.7 Å². The second-order valence-corrected chi connectivity index (χ2v) is 4.77. The second kappa shape index (κ2) is 6.07. The lowest BCUT2D eigenvalue weighted by atomic mass is 10.1. The molecule has 0 heterocycles. The lowest BCUT2D eigenvalue weighted by Gasteiger charge is -2.14. The number of aliphatic hydroxyl groups excluding tert-OH is 1. The Morgan fingerprint density at radius 1 is 1.24 bits per heavy atom. The fourth-order valence-corrected chi connectivity index (χ4v) is 2.06. The first-order valence-electron chi connectivity index (χ1n) is 5.24. The molecule has 0 aliphatic rings. The van der Waals surface area contributed by atoms with E-state index >= 15 is 0 Å². The molecule has 0 saturated carbocycles. The van der Waals surface area contributed by atoms with Gasteiger partial charge in [0.2, 0.25) is 0 Å². The summed E-state index contributed by atoms with van der Waals surface area (Å²) in [6.45, 7) is 3.88. The zero-order valence-electron chi connectivity index (χ0n) is 10.5. The molecule has 1 N–H and O–H groups in total. The fraction of sp³-hybridized carbons (Fsp3) is 0.385. The fourth-order valence-electron chi connectivity index (χ4n) is 1.50. The zero-order chi connectivity index (χ0) is 13.0. The summed E-state index contributed by atoms with van der Waals surface area (Å²) in [5.41, 5.74) is 1.81.